The third-order valence-corrected chi connectivity index (χ3v) is 12.7. The predicted octanol–water partition coefficient (Wildman–Crippen LogP) is 6.40. The summed E-state index contributed by atoms with van der Waals surface area (Å²) in [5.74, 6) is -0.410. The van der Waals surface area contributed by atoms with Crippen molar-refractivity contribution in [1.82, 2.24) is 20.1 Å². The number of amides is 4. The lowest BCUT2D eigenvalue weighted by molar-refractivity contribution is -0.136. The maximum absolute atomic E-state index is 15.4. The molecule has 0 radical (unpaired) electrons. The second-order valence-corrected chi connectivity index (χ2v) is 16.0. The van der Waals surface area contributed by atoms with Crippen molar-refractivity contribution in [3.05, 3.63) is 107 Å². The van der Waals surface area contributed by atoms with Crippen molar-refractivity contribution in [3.63, 3.8) is 0 Å². The minimum atomic E-state index is -0.620. The van der Waals surface area contributed by atoms with Crippen LogP contribution in [0.25, 0.3) is 11.1 Å². The monoisotopic (exact) mass is 776 g/mol. The number of fused-ring (bicyclic) bond motifs is 4. The number of rotatable bonds is 13. The number of halogens is 1. The molecule has 3 aromatic carbocycles. The van der Waals surface area contributed by atoms with Gasteiger partial charge in [-0.05, 0) is 103 Å². The Bertz CT molecular complexity index is 2150. The largest absolute Gasteiger partial charge is 0.394 e. The molecule has 4 aliphatic rings. The molecule has 2 fully saturated rings. The lowest BCUT2D eigenvalue weighted by Gasteiger charge is -2.39. The van der Waals surface area contributed by atoms with Crippen molar-refractivity contribution in [2.24, 2.45) is 5.92 Å². The molecule has 4 amide bonds. The Hall–Kier alpha value is -5.27. The van der Waals surface area contributed by atoms with Gasteiger partial charge in [0.2, 0.25) is 11.8 Å². The maximum atomic E-state index is 15.4. The van der Waals surface area contributed by atoms with Gasteiger partial charge in [-0.25, -0.2) is 4.39 Å². The molecule has 4 N–H and O–H groups in total. The lowest BCUT2D eigenvalue weighted by Crippen LogP contribution is -2.52. The molecule has 0 bridgehead atoms. The van der Waals surface area contributed by atoms with Crippen LogP contribution in [0.15, 0.2) is 83.9 Å². The number of piperidine rings is 1. The molecule has 1 unspecified atom stereocenters. The Kier molecular flexibility index (Phi) is 11.1. The number of likely N-dealkylation sites (tertiary alicyclic amines) is 1. The van der Waals surface area contributed by atoms with Crippen LogP contribution in [0.1, 0.15) is 83.0 Å². The zero-order valence-electron chi connectivity index (χ0n) is 31.0. The lowest BCUT2D eigenvalue weighted by atomic mass is 9.82. The molecular weight excluding hydrogens is 732 g/mol. The number of hydrogen-bond acceptors (Lipinski definition) is 9. The molecule has 290 valence electrons. The van der Waals surface area contributed by atoms with Crippen LogP contribution in [0.2, 0.25) is 0 Å². The number of unbranched alkanes of at least 4 members (excludes halogenated alkanes) is 3. The molecule has 8 rings (SSSR count). The number of imide groups is 1. The van der Waals surface area contributed by atoms with Gasteiger partial charge in [-0.15, -0.1) is 11.8 Å². The number of hydrogen-bond donors (Lipinski definition) is 4. The molecule has 4 aliphatic heterocycles. The molecule has 4 atom stereocenters. The van der Waals surface area contributed by atoms with Crippen LogP contribution < -0.4 is 16.0 Å². The summed E-state index contributed by atoms with van der Waals surface area (Å²) in [6.07, 6.45) is 6.97. The molecule has 0 spiro atoms. The van der Waals surface area contributed by atoms with E-state index >= 15 is 4.39 Å². The van der Waals surface area contributed by atoms with E-state index in [4.69, 9.17) is 0 Å². The summed E-state index contributed by atoms with van der Waals surface area (Å²) in [4.78, 5) is 59.6. The summed E-state index contributed by atoms with van der Waals surface area (Å²) in [6.45, 7) is 1.61. The zero-order valence-corrected chi connectivity index (χ0v) is 31.8. The van der Waals surface area contributed by atoms with Crippen LogP contribution in [-0.4, -0.2) is 81.1 Å². The van der Waals surface area contributed by atoms with E-state index in [0.29, 0.717) is 36.3 Å². The van der Waals surface area contributed by atoms with Crippen molar-refractivity contribution < 1.29 is 28.7 Å². The van der Waals surface area contributed by atoms with E-state index in [-0.39, 0.29) is 54.6 Å². The van der Waals surface area contributed by atoms with E-state index in [1.807, 2.05) is 47.4 Å². The van der Waals surface area contributed by atoms with Crippen molar-refractivity contribution in [2.75, 3.05) is 36.1 Å². The van der Waals surface area contributed by atoms with Crippen LogP contribution in [0, 0.1) is 11.7 Å². The van der Waals surface area contributed by atoms with E-state index in [1.165, 1.54) is 6.07 Å². The molecule has 0 saturated carbocycles. The number of nitrogens with zero attached hydrogens (tertiary/aromatic N) is 3. The van der Waals surface area contributed by atoms with Crippen molar-refractivity contribution in [2.45, 2.75) is 74.5 Å². The summed E-state index contributed by atoms with van der Waals surface area (Å²) in [5, 5.41) is 19.5. The summed E-state index contributed by atoms with van der Waals surface area (Å²) >= 11 is 1.73. The number of anilines is 2. The summed E-state index contributed by atoms with van der Waals surface area (Å²) < 4.78 is 15.4. The van der Waals surface area contributed by atoms with Gasteiger partial charge in [0.15, 0.2) is 0 Å². The van der Waals surface area contributed by atoms with Crippen LogP contribution in [-0.2, 0) is 16.1 Å². The quantitative estimate of drug-likeness (QED) is 0.0689. The number of aromatic nitrogens is 1. The minimum Gasteiger partial charge on any atom is -0.394 e. The SMILES string of the molecule is O=C1CCC(N2Cc3c(SCCCCCCNc4ccc(F)c(-c5ccc6c(c5)[C@H]5[C@H](CCN5C(=O)c5ccccn5)[C@@H](CO)N6)c4)cccc3C2=O)C(=O)N1. The van der Waals surface area contributed by atoms with E-state index in [0.717, 1.165) is 77.4 Å². The fraction of sp³-hybridized carbons (Fsp3) is 0.372. The standard InChI is InChI=1S/C43H45FN6O5S/c44-33-13-12-27(45-18-4-1-2-6-21-56-38-10-7-8-28-32(38)24-50(42(28)54)37-15-16-39(52)48-41(37)53)23-30(33)26-11-14-34-31(22-26)40-29(36(25-51)47-34)17-20-49(40)43(55)35-9-3-5-19-46-35/h3,5,7-14,19,22-23,29,36-37,40,45,47,51H,1-2,4,6,15-18,20-21,24-25H2,(H,48,52,53)/t29-,36-,37?,40-/m1/s1. The first-order valence-corrected chi connectivity index (χ1v) is 20.5. The van der Waals surface area contributed by atoms with Crippen molar-refractivity contribution in [1.29, 1.82) is 0 Å². The van der Waals surface area contributed by atoms with Crippen LogP contribution >= 0.6 is 11.8 Å². The number of benzene rings is 3. The number of carbonyl (C=O) groups is 4. The molecule has 4 aromatic rings. The zero-order chi connectivity index (χ0) is 38.8. The van der Waals surface area contributed by atoms with Gasteiger partial charge in [-0.1, -0.05) is 31.0 Å². The van der Waals surface area contributed by atoms with Crippen molar-refractivity contribution in [3.8, 4) is 11.1 Å². The fourth-order valence-corrected chi connectivity index (χ4v) is 9.73. The Labute approximate surface area is 329 Å². The van der Waals surface area contributed by atoms with Crippen LogP contribution in [0.3, 0.4) is 0 Å². The van der Waals surface area contributed by atoms with E-state index in [9.17, 15) is 24.3 Å². The number of aliphatic hydroxyl groups is 1. The smallest absolute Gasteiger partial charge is 0.272 e. The van der Waals surface area contributed by atoms with Gasteiger partial charge in [0.25, 0.3) is 11.8 Å². The fourth-order valence-electron chi connectivity index (χ4n) is 8.64. The number of carbonyl (C=O) groups excluding carboxylic acids is 4. The highest BCUT2D eigenvalue weighted by Gasteiger charge is 2.46. The highest BCUT2D eigenvalue weighted by atomic mass is 32.2. The van der Waals surface area contributed by atoms with Gasteiger partial charge in [0.1, 0.15) is 17.6 Å². The number of thioether (sulfide) groups is 1. The first-order chi connectivity index (χ1) is 27.3. The third kappa shape index (κ3) is 7.49. The summed E-state index contributed by atoms with van der Waals surface area (Å²) in [6, 6.07) is 20.8. The molecule has 11 nitrogen and oxygen atoms in total. The summed E-state index contributed by atoms with van der Waals surface area (Å²) in [5.41, 5.74) is 5.75. The highest BCUT2D eigenvalue weighted by Crippen LogP contribution is 2.48. The summed E-state index contributed by atoms with van der Waals surface area (Å²) in [7, 11) is 0. The van der Waals surface area contributed by atoms with Gasteiger partial charge in [0, 0.05) is 65.6 Å². The van der Waals surface area contributed by atoms with Crippen LogP contribution in [0.4, 0.5) is 15.8 Å². The normalized spacial score (nSPS) is 21.3. The Morgan fingerprint density at radius 3 is 2.66 bits per heavy atom. The Morgan fingerprint density at radius 1 is 0.964 bits per heavy atom. The van der Waals surface area contributed by atoms with Gasteiger partial charge in [0.05, 0.1) is 18.7 Å². The molecule has 5 heterocycles. The Morgan fingerprint density at radius 2 is 1.84 bits per heavy atom. The van der Waals surface area contributed by atoms with Crippen molar-refractivity contribution >= 4 is 46.8 Å². The molecule has 13 heteroatoms. The highest BCUT2D eigenvalue weighted by molar-refractivity contribution is 7.99. The topological polar surface area (TPSA) is 144 Å². The second-order valence-electron chi connectivity index (χ2n) is 14.9. The average Bonchev–Trinajstić information content (AvgIpc) is 3.81. The van der Waals surface area contributed by atoms with Crippen LogP contribution in [0.5, 0.6) is 0 Å². The molecule has 0 aliphatic carbocycles. The second kappa shape index (κ2) is 16.4. The van der Waals surface area contributed by atoms with E-state index < -0.39 is 11.9 Å². The number of nitrogens with one attached hydrogen (secondary N) is 3. The predicted molar refractivity (Wildman–Crippen MR) is 213 cm³/mol. The Balaban J connectivity index is 0.844. The molecule has 2 saturated heterocycles. The average molecular weight is 777 g/mol. The van der Waals surface area contributed by atoms with Gasteiger partial charge in [-0.2, -0.15) is 0 Å². The first kappa shape index (κ1) is 37.6. The third-order valence-electron chi connectivity index (χ3n) is 11.5. The number of pyridine rings is 1. The molecular formula is C43H45FN6O5S. The van der Waals surface area contributed by atoms with Gasteiger partial charge in [-0.3, -0.25) is 29.5 Å². The molecule has 1 aromatic heterocycles. The van der Waals surface area contributed by atoms with E-state index in [1.54, 1.807) is 47.1 Å². The molecule has 56 heavy (non-hydrogen) atoms. The number of aliphatic hydroxyl groups excluding tert-OH is 1. The van der Waals surface area contributed by atoms with Gasteiger partial charge >= 0.3 is 0 Å². The minimum absolute atomic E-state index is 0.00870. The van der Waals surface area contributed by atoms with E-state index in [2.05, 4.69) is 20.9 Å². The van der Waals surface area contributed by atoms with Gasteiger partial charge < -0.3 is 25.5 Å². The maximum Gasteiger partial charge on any atom is 0.272 e. The first-order valence-electron chi connectivity index (χ1n) is 19.5.